The summed E-state index contributed by atoms with van der Waals surface area (Å²) >= 11 is 7.29. The first-order valence-corrected chi connectivity index (χ1v) is 10.2. The van der Waals surface area contributed by atoms with Gasteiger partial charge in [-0.2, -0.15) is 4.37 Å². The van der Waals surface area contributed by atoms with E-state index in [0.29, 0.717) is 35.0 Å². The molecule has 144 valence electrons. The van der Waals surface area contributed by atoms with E-state index in [9.17, 15) is 4.79 Å². The van der Waals surface area contributed by atoms with E-state index in [2.05, 4.69) is 21.2 Å². The number of piperazine rings is 1. The number of nitrogens with zero attached hydrogens (tertiary/aromatic N) is 4. The lowest BCUT2D eigenvalue weighted by molar-refractivity contribution is 0.0752. The van der Waals surface area contributed by atoms with Crippen molar-refractivity contribution in [1.82, 2.24) is 14.3 Å². The van der Waals surface area contributed by atoms with Gasteiger partial charge < -0.3 is 15.5 Å². The number of hydrogen-bond acceptors (Lipinski definition) is 6. The second-order valence-corrected chi connectivity index (χ2v) is 7.91. The fourth-order valence-corrected chi connectivity index (χ4v) is 4.30. The number of aromatic nitrogens is 2. The molecule has 6 nitrogen and oxygen atoms in total. The second-order valence-electron chi connectivity index (χ2n) is 6.70. The van der Waals surface area contributed by atoms with Gasteiger partial charge in [-0.25, -0.2) is 0 Å². The van der Waals surface area contributed by atoms with Crippen LogP contribution in [0.15, 0.2) is 42.6 Å². The third-order valence-corrected chi connectivity index (χ3v) is 5.99. The number of benzene rings is 1. The number of carbonyl (C=O) groups excluding carboxylic acids is 1. The standard InChI is InChI=1S/C20H20ClN5OS/c1-13-5-6-14(21)12-16(13)25-8-10-26(11-9-25)20(27)19-17(22)18(24-28-19)15-4-2-3-7-23-15/h2-7,12H,8-11,22H2,1H3. The molecule has 3 heterocycles. The highest BCUT2D eigenvalue weighted by molar-refractivity contribution is 7.09. The number of nitrogens with two attached hydrogens (primary N) is 1. The molecule has 0 atom stereocenters. The lowest BCUT2D eigenvalue weighted by Crippen LogP contribution is -2.49. The van der Waals surface area contributed by atoms with Gasteiger partial charge in [-0.15, -0.1) is 0 Å². The van der Waals surface area contributed by atoms with Crippen molar-refractivity contribution in [2.75, 3.05) is 36.8 Å². The Balaban J connectivity index is 1.48. The van der Waals surface area contributed by atoms with E-state index >= 15 is 0 Å². The average molecular weight is 414 g/mol. The molecule has 2 aromatic heterocycles. The molecule has 28 heavy (non-hydrogen) atoms. The Hall–Kier alpha value is -2.64. The molecule has 1 fully saturated rings. The summed E-state index contributed by atoms with van der Waals surface area (Å²) in [6, 6.07) is 11.4. The first kappa shape index (κ1) is 18.7. The maximum atomic E-state index is 13.0. The van der Waals surface area contributed by atoms with Crippen molar-refractivity contribution < 1.29 is 4.79 Å². The van der Waals surface area contributed by atoms with Gasteiger partial charge in [-0.3, -0.25) is 9.78 Å². The van der Waals surface area contributed by atoms with Crippen molar-refractivity contribution in [3.05, 3.63) is 58.1 Å². The second kappa shape index (κ2) is 7.77. The summed E-state index contributed by atoms with van der Waals surface area (Å²) in [5, 5.41) is 0.721. The lowest BCUT2D eigenvalue weighted by Gasteiger charge is -2.36. The van der Waals surface area contributed by atoms with E-state index < -0.39 is 0 Å². The van der Waals surface area contributed by atoms with Crippen LogP contribution in [0.3, 0.4) is 0 Å². The molecule has 0 bridgehead atoms. The van der Waals surface area contributed by atoms with Crippen molar-refractivity contribution in [2.24, 2.45) is 0 Å². The summed E-state index contributed by atoms with van der Waals surface area (Å²) in [7, 11) is 0. The van der Waals surface area contributed by atoms with E-state index in [-0.39, 0.29) is 5.91 Å². The maximum Gasteiger partial charge on any atom is 0.267 e. The minimum absolute atomic E-state index is 0.0698. The average Bonchev–Trinajstić information content (AvgIpc) is 3.11. The lowest BCUT2D eigenvalue weighted by atomic mass is 10.1. The van der Waals surface area contributed by atoms with E-state index in [1.165, 1.54) is 5.56 Å². The third kappa shape index (κ3) is 3.55. The van der Waals surface area contributed by atoms with Crippen LogP contribution in [0.4, 0.5) is 11.4 Å². The number of amides is 1. The van der Waals surface area contributed by atoms with Crippen LogP contribution in [0.2, 0.25) is 5.02 Å². The normalized spacial score (nSPS) is 14.4. The highest BCUT2D eigenvalue weighted by Crippen LogP contribution is 2.31. The van der Waals surface area contributed by atoms with Crippen LogP contribution < -0.4 is 10.6 Å². The molecule has 0 unspecified atom stereocenters. The maximum absolute atomic E-state index is 13.0. The molecule has 1 aromatic carbocycles. The van der Waals surface area contributed by atoms with Crippen LogP contribution in [-0.4, -0.2) is 46.3 Å². The van der Waals surface area contributed by atoms with Gasteiger partial charge in [0.05, 0.1) is 11.4 Å². The van der Waals surface area contributed by atoms with E-state index in [1.54, 1.807) is 6.20 Å². The molecule has 0 spiro atoms. The molecule has 2 N–H and O–H groups in total. The Morgan fingerprint density at radius 3 is 2.68 bits per heavy atom. The van der Waals surface area contributed by atoms with Crippen LogP contribution in [0.25, 0.3) is 11.4 Å². The smallest absolute Gasteiger partial charge is 0.267 e. The predicted octanol–water partition coefficient (Wildman–Crippen LogP) is 3.71. The Kier molecular flexibility index (Phi) is 5.19. The van der Waals surface area contributed by atoms with Gasteiger partial charge in [0.25, 0.3) is 5.91 Å². The fraction of sp³-hybridized carbons (Fsp3) is 0.250. The number of halogens is 1. The first-order valence-electron chi connectivity index (χ1n) is 9.01. The number of anilines is 2. The van der Waals surface area contributed by atoms with Crippen LogP contribution in [0.1, 0.15) is 15.2 Å². The Morgan fingerprint density at radius 1 is 1.18 bits per heavy atom. The Bertz CT molecular complexity index is 999. The minimum Gasteiger partial charge on any atom is -0.396 e. The highest BCUT2D eigenvalue weighted by Gasteiger charge is 2.27. The highest BCUT2D eigenvalue weighted by atomic mass is 35.5. The Labute approximate surface area is 172 Å². The number of pyridine rings is 1. The number of aryl methyl sites for hydroxylation is 1. The molecule has 1 aliphatic heterocycles. The monoisotopic (exact) mass is 413 g/mol. The van der Waals surface area contributed by atoms with Crippen LogP contribution >= 0.6 is 23.1 Å². The number of hydrogen-bond donors (Lipinski definition) is 1. The fourth-order valence-electron chi connectivity index (χ4n) is 3.36. The van der Waals surface area contributed by atoms with E-state index in [4.69, 9.17) is 17.3 Å². The van der Waals surface area contributed by atoms with Crippen LogP contribution in [0, 0.1) is 6.92 Å². The zero-order chi connectivity index (χ0) is 19.7. The Morgan fingerprint density at radius 2 is 1.96 bits per heavy atom. The summed E-state index contributed by atoms with van der Waals surface area (Å²) in [6.07, 6.45) is 1.69. The molecule has 1 amide bonds. The van der Waals surface area contributed by atoms with Crippen molar-refractivity contribution in [1.29, 1.82) is 0 Å². The molecular weight excluding hydrogens is 394 g/mol. The number of rotatable bonds is 3. The summed E-state index contributed by atoms with van der Waals surface area (Å²) in [4.78, 5) is 21.8. The molecule has 1 saturated heterocycles. The van der Waals surface area contributed by atoms with Crippen LogP contribution in [0.5, 0.6) is 0 Å². The predicted molar refractivity (Wildman–Crippen MR) is 114 cm³/mol. The SMILES string of the molecule is Cc1ccc(Cl)cc1N1CCN(C(=O)c2snc(-c3ccccn3)c2N)CC1. The van der Waals surface area contributed by atoms with Gasteiger partial charge in [0.2, 0.25) is 0 Å². The zero-order valence-corrected chi connectivity index (χ0v) is 17.0. The van der Waals surface area contributed by atoms with Crippen molar-refractivity contribution in [3.63, 3.8) is 0 Å². The van der Waals surface area contributed by atoms with Crippen molar-refractivity contribution in [3.8, 4) is 11.4 Å². The summed E-state index contributed by atoms with van der Waals surface area (Å²) < 4.78 is 4.37. The topological polar surface area (TPSA) is 75.3 Å². The van der Waals surface area contributed by atoms with Gasteiger partial charge in [0.1, 0.15) is 10.6 Å². The molecule has 0 radical (unpaired) electrons. The quantitative estimate of drug-likeness (QED) is 0.708. The molecule has 8 heteroatoms. The molecule has 0 saturated carbocycles. The molecule has 0 aliphatic carbocycles. The van der Waals surface area contributed by atoms with Gasteiger partial charge in [0, 0.05) is 43.1 Å². The summed E-state index contributed by atoms with van der Waals surface area (Å²) in [5.41, 5.74) is 10.2. The van der Waals surface area contributed by atoms with Crippen molar-refractivity contribution >= 4 is 40.4 Å². The molecule has 3 aromatic rings. The van der Waals surface area contributed by atoms with Crippen molar-refractivity contribution in [2.45, 2.75) is 6.92 Å². The number of carbonyl (C=O) groups is 1. The van der Waals surface area contributed by atoms with Gasteiger partial charge >= 0.3 is 0 Å². The van der Waals surface area contributed by atoms with Gasteiger partial charge in [-0.05, 0) is 48.3 Å². The summed E-state index contributed by atoms with van der Waals surface area (Å²) in [5.74, 6) is -0.0698. The summed E-state index contributed by atoms with van der Waals surface area (Å²) in [6.45, 7) is 4.82. The molecular formula is C20H20ClN5OS. The van der Waals surface area contributed by atoms with Gasteiger partial charge in [-0.1, -0.05) is 23.7 Å². The van der Waals surface area contributed by atoms with E-state index in [1.807, 2.05) is 41.3 Å². The largest absolute Gasteiger partial charge is 0.396 e. The molecule has 1 aliphatic rings. The molecule has 4 rings (SSSR count). The van der Waals surface area contributed by atoms with Crippen LogP contribution in [-0.2, 0) is 0 Å². The van der Waals surface area contributed by atoms with Gasteiger partial charge in [0.15, 0.2) is 0 Å². The minimum atomic E-state index is -0.0698. The third-order valence-electron chi connectivity index (χ3n) is 4.91. The number of nitrogen functional groups attached to an aromatic ring is 1. The first-order chi connectivity index (χ1) is 13.5. The van der Waals surface area contributed by atoms with E-state index in [0.717, 1.165) is 35.3 Å². The zero-order valence-electron chi connectivity index (χ0n) is 15.4.